The summed E-state index contributed by atoms with van der Waals surface area (Å²) in [6, 6.07) is 6.25. The van der Waals surface area contributed by atoms with Crippen molar-refractivity contribution < 1.29 is 5.11 Å². The predicted molar refractivity (Wildman–Crippen MR) is 71.2 cm³/mol. The van der Waals surface area contributed by atoms with Crippen LogP contribution in [-0.2, 0) is 6.61 Å². The summed E-state index contributed by atoms with van der Waals surface area (Å²) in [4.78, 5) is 2.46. The smallest absolute Gasteiger partial charge is 0.0681 e. The zero-order valence-corrected chi connectivity index (χ0v) is 10.8. The Morgan fingerprint density at radius 3 is 2.94 bits per heavy atom. The molecule has 0 saturated carbocycles. The van der Waals surface area contributed by atoms with E-state index in [4.69, 9.17) is 5.11 Å². The van der Waals surface area contributed by atoms with E-state index in [9.17, 15) is 0 Å². The Balaban J connectivity index is 2.19. The Morgan fingerprint density at radius 1 is 1.50 bits per heavy atom. The quantitative estimate of drug-likeness (QED) is 0.854. The van der Waals surface area contributed by atoms with E-state index in [1.54, 1.807) is 0 Å². The second-order valence-corrected chi connectivity index (χ2v) is 5.95. The molecule has 1 aliphatic heterocycles. The van der Waals surface area contributed by atoms with Gasteiger partial charge in [-0.15, -0.1) is 0 Å². The first kappa shape index (κ1) is 11.8. The van der Waals surface area contributed by atoms with E-state index in [0.717, 1.165) is 18.7 Å². The Labute approximate surface area is 102 Å². The van der Waals surface area contributed by atoms with Gasteiger partial charge in [0.05, 0.1) is 6.61 Å². The van der Waals surface area contributed by atoms with Crippen LogP contribution >= 0.6 is 11.8 Å². The molecule has 0 aliphatic carbocycles. The average Bonchev–Trinajstić information content (AvgIpc) is 2.28. The second kappa shape index (κ2) is 5.11. The molecule has 1 unspecified atom stereocenters. The van der Waals surface area contributed by atoms with Crippen molar-refractivity contribution in [2.75, 3.05) is 23.7 Å². The average molecular weight is 237 g/mol. The summed E-state index contributed by atoms with van der Waals surface area (Å²) in [5.74, 6) is 1.21. The number of hydrogen-bond acceptors (Lipinski definition) is 3. The molecule has 1 aliphatic rings. The molecule has 16 heavy (non-hydrogen) atoms. The topological polar surface area (TPSA) is 23.5 Å². The third-order valence-electron chi connectivity index (χ3n) is 3.03. The lowest BCUT2D eigenvalue weighted by atomic mass is 10.1. The molecule has 88 valence electrons. The maximum atomic E-state index is 9.09. The van der Waals surface area contributed by atoms with Crippen LogP contribution in [0.2, 0.25) is 0 Å². The molecule has 1 N–H and O–H groups in total. The molecule has 0 bridgehead atoms. The third-order valence-corrected chi connectivity index (χ3v) is 4.16. The van der Waals surface area contributed by atoms with Crippen LogP contribution in [0.15, 0.2) is 18.2 Å². The Morgan fingerprint density at radius 2 is 2.31 bits per heavy atom. The lowest BCUT2D eigenvalue weighted by molar-refractivity contribution is 0.282. The molecule has 0 aromatic heterocycles. The molecular formula is C13H19NOS. The van der Waals surface area contributed by atoms with Crippen molar-refractivity contribution in [3.8, 4) is 0 Å². The van der Waals surface area contributed by atoms with Crippen LogP contribution < -0.4 is 4.90 Å². The van der Waals surface area contributed by atoms with Crippen molar-refractivity contribution >= 4 is 17.4 Å². The Kier molecular flexibility index (Phi) is 3.77. The number of anilines is 1. The highest BCUT2D eigenvalue weighted by molar-refractivity contribution is 8.00. The molecule has 1 atom stereocenters. The maximum Gasteiger partial charge on any atom is 0.0681 e. The van der Waals surface area contributed by atoms with E-state index in [1.165, 1.54) is 17.0 Å². The van der Waals surface area contributed by atoms with Gasteiger partial charge >= 0.3 is 0 Å². The largest absolute Gasteiger partial charge is 0.392 e. The van der Waals surface area contributed by atoms with Gasteiger partial charge in [-0.25, -0.2) is 0 Å². The highest BCUT2D eigenvalue weighted by Gasteiger charge is 2.18. The summed E-state index contributed by atoms with van der Waals surface area (Å²) in [5, 5.41) is 9.80. The fourth-order valence-corrected chi connectivity index (χ4v) is 3.22. The van der Waals surface area contributed by atoms with Crippen LogP contribution in [0.3, 0.4) is 0 Å². The fourth-order valence-electron chi connectivity index (χ4n) is 2.21. The summed E-state index contributed by atoms with van der Waals surface area (Å²) in [5.41, 5.74) is 3.59. The van der Waals surface area contributed by atoms with Crippen molar-refractivity contribution in [3.05, 3.63) is 29.3 Å². The standard InChI is InChI=1S/C13H19NOS/c1-10-7-12(9-15)3-4-13(10)14-5-6-16-11(2)8-14/h3-4,7,11,15H,5-6,8-9H2,1-2H3. The van der Waals surface area contributed by atoms with Crippen LogP contribution in [0.1, 0.15) is 18.1 Å². The van der Waals surface area contributed by atoms with Crippen LogP contribution in [0.25, 0.3) is 0 Å². The van der Waals surface area contributed by atoms with Crippen molar-refractivity contribution in [1.82, 2.24) is 0 Å². The Bertz CT molecular complexity index is 367. The van der Waals surface area contributed by atoms with Gasteiger partial charge in [0, 0.05) is 29.8 Å². The van der Waals surface area contributed by atoms with E-state index < -0.39 is 0 Å². The zero-order chi connectivity index (χ0) is 11.5. The minimum absolute atomic E-state index is 0.132. The summed E-state index contributed by atoms with van der Waals surface area (Å²) >= 11 is 2.05. The summed E-state index contributed by atoms with van der Waals surface area (Å²) in [6.45, 7) is 6.81. The zero-order valence-electron chi connectivity index (χ0n) is 9.94. The number of nitrogens with zero attached hydrogens (tertiary/aromatic N) is 1. The van der Waals surface area contributed by atoms with E-state index in [2.05, 4.69) is 30.9 Å². The van der Waals surface area contributed by atoms with E-state index >= 15 is 0 Å². The van der Waals surface area contributed by atoms with Crippen LogP contribution in [-0.4, -0.2) is 29.2 Å². The predicted octanol–water partition coefficient (Wildman–Crippen LogP) is 2.43. The van der Waals surface area contributed by atoms with Crippen LogP contribution in [0.5, 0.6) is 0 Å². The maximum absolute atomic E-state index is 9.09. The van der Waals surface area contributed by atoms with Gasteiger partial charge < -0.3 is 10.0 Å². The molecule has 1 heterocycles. The van der Waals surface area contributed by atoms with Crippen molar-refractivity contribution in [2.45, 2.75) is 25.7 Å². The molecule has 0 amide bonds. The fraction of sp³-hybridized carbons (Fsp3) is 0.538. The van der Waals surface area contributed by atoms with Gasteiger partial charge in [0.1, 0.15) is 0 Å². The number of benzene rings is 1. The van der Waals surface area contributed by atoms with Crippen molar-refractivity contribution in [3.63, 3.8) is 0 Å². The first-order chi connectivity index (χ1) is 7.70. The van der Waals surface area contributed by atoms with Crippen molar-refractivity contribution in [2.24, 2.45) is 0 Å². The van der Waals surface area contributed by atoms with E-state index in [-0.39, 0.29) is 6.61 Å². The number of aryl methyl sites for hydroxylation is 1. The highest BCUT2D eigenvalue weighted by atomic mass is 32.2. The minimum Gasteiger partial charge on any atom is -0.392 e. The van der Waals surface area contributed by atoms with E-state index in [1.807, 2.05) is 17.8 Å². The second-order valence-electron chi connectivity index (χ2n) is 4.41. The molecule has 2 rings (SSSR count). The molecule has 3 heteroatoms. The molecule has 0 spiro atoms. The molecular weight excluding hydrogens is 218 g/mol. The van der Waals surface area contributed by atoms with Crippen LogP contribution in [0, 0.1) is 6.92 Å². The first-order valence-electron chi connectivity index (χ1n) is 5.77. The molecule has 1 fully saturated rings. The first-order valence-corrected chi connectivity index (χ1v) is 6.82. The molecule has 1 saturated heterocycles. The van der Waals surface area contributed by atoms with Gasteiger partial charge in [-0.05, 0) is 24.1 Å². The monoisotopic (exact) mass is 237 g/mol. The van der Waals surface area contributed by atoms with E-state index in [0.29, 0.717) is 5.25 Å². The third kappa shape index (κ3) is 2.53. The van der Waals surface area contributed by atoms with Gasteiger partial charge in [-0.1, -0.05) is 19.1 Å². The summed E-state index contributed by atoms with van der Waals surface area (Å²) in [6.07, 6.45) is 0. The van der Waals surface area contributed by atoms with Gasteiger partial charge in [0.2, 0.25) is 0 Å². The number of aliphatic hydroxyl groups excluding tert-OH is 1. The normalized spacial score (nSPS) is 21.2. The van der Waals surface area contributed by atoms with Gasteiger partial charge in [0.15, 0.2) is 0 Å². The lowest BCUT2D eigenvalue weighted by Crippen LogP contribution is -2.37. The SMILES string of the molecule is Cc1cc(CO)ccc1N1CCSC(C)C1. The number of rotatable bonds is 2. The lowest BCUT2D eigenvalue weighted by Gasteiger charge is -2.33. The Hall–Kier alpha value is -0.670. The summed E-state index contributed by atoms with van der Waals surface area (Å²) in [7, 11) is 0. The number of aliphatic hydroxyl groups is 1. The molecule has 2 nitrogen and oxygen atoms in total. The highest BCUT2D eigenvalue weighted by Crippen LogP contribution is 2.27. The van der Waals surface area contributed by atoms with Gasteiger partial charge in [-0.2, -0.15) is 11.8 Å². The minimum atomic E-state index is 0.132. The van der Waals surface area contributed by atoms with Gasteiger partial charge in [0.25, 0.3) is 0 Å². The van der Waals surface area contributed by atoms with Crippen molar-refractivity contribution in [1.29, 1.82) is 0 Å². The van der Waals surface area contributed by atoms with Gasteiger partial charge in [-0.3, -0.25) is 0 Å². The molecule has 1 aromatic rings. The number of hydrogen-bond donors (Lipinski definition) is 1. The molecule has 1 aromatic carbocycles. The van der Waals surface area contributed by atoms with Crippen LogP contribution in [0.4, 0.5) is 5.69 Å². The molecule has 0 radical (unpaired) electrons. The number of thioether (sulfide) groups is 1. The summed E-state index contributed by atoms with van der Waals surface area (Å²) < 4.78 is 0.